The Kier molecular flexibility index (Phi) is 5.06. The van der Waals surface area contributed by atoms with E-state index in [2.05, 4.69) is 49.3 Å². The van der Waals surface area contributed by atoms with Crippen LogP contribution in [0.2, 0.25) is 0 Å². The van der Waals surface area contributed by atoms with Crippen LogP contribution in [0.1, 0.15) is 18.4 Å². The Morgan fingerprint density at radius 2 is 1.94 bits per heavy atom. The third-order valence-corrected chi connectivity index (χ3v) is 4.41. The fourth-order valence-corrected chi connectivity index (χ4v) is 3.80. The molecule has 0 spiro atoms. The van der Waals surface area contributed by atoms with Crippen molar-refractivity contribution in [2.75, 3.05) is 13.7 Å². The summed E-state index contributed by atoms with van der Waals surface area (Å²) in [6, 6.07) is 4.12. The lowest BCUT2D eigenvalue weighted by atomic mass is 9.82. The Bertz CT molecular complexity index is 396. The second-order valence-electron chi connectivity index (χ2n) is 4.71. The molecule has 1 saturated carbocycles. The number of halogens is 2. The molecule has 0 aliphatic heterocycles. The lowest BCUT2D eigenvalue weighted by Gasteiger charge is -2.31. The summed E-state index contributed by atoms with van der Waals surface area (Å²) >= 11 is 6.99. The molecule has 1 aromatic rings. The summed E-state index contributed by atoms with van der Waals surface area (Å²) in [5.74, 6) is 1.45. The summed E-state index contributed by atoms with van der Waals surface area (Å²) < 4.78 is 7.18. The van der Waals surface area contributed by atoms with E-state index in [4.69, 9.17) is 4.74 Å². The van der Waals surface area contributed by atoms with Crippen molar-refractivity contribution >= 4 is 31.9 Å². The van der Waals surface area contributed by atoms with Gasteiger partial charge in [0, 0.05) is 6.54 Å². The van der Waals surface area contributed by atoms with Gasteiger partial charge in [0.1, 0.15) is 5.75 Å². The minimum absolute atomic E-state index is 0.0684. The largest absolute Gasteiger partial charge is 0.494 e. The van der Waals surface area contributed by atoms with Crippen molar-refractivity contribution in [1.29, 1.82) is 0 Å². The lowest BCUT2D eigenvalue weighted by molar-refractivity contribution is 0.0430. The van der Waals surface area contributed by atoms with E-state index in [9.17, 15) is 5.11 Å². The highest BCUT2D eigenvalue weighted by Gasteiger charge is 2.26. The molecule has 0 unspecified atom stereocenters. The molecule has 1 aliphatic carbocycles. The zero-order chi connectivity index (χ0) is 13.1. The van der Waals surface area contributed by atoms with E-state index in [0.717, 1.165) is 40.6 Å². The van der Waals surface area contributed by atoms with E-state index in [1.54, 1.807) is 7.11 Å². The Morgan fingerprint density at radius 1 is 1.33 bits per heavy atom. The molecular formula is C13H17Br2NO2. The molecule has 18 heavy (non-hydrogen) atoms. The van der Waals surface area contributed by atoms with Crippen LogP contribution in [0.15, 0.2) is 21.1 Å². The Balaban J connectivity index is 1.86. The minimum atomic E-state index is -0.0684. The summed E-state index contributed by atoms with van der Waals surface area (Å²) in [5, 5.41) is 12.6. The average Bonchev–Trinajstić information content (AvgIpc) is 2.26. The fourth-order valence-electron chi connectivity index (χ4n) is 2.20. The Labute approximate surface area is 124 Å². The van der Waals surface area contributed by atoms with Gasteiger partial charge in [0.25, 0.3) is 0 Å². The van der Waals surface area contributed by atoms with Crippen molar-refractivity contribution in [1.82, 2.24) is 5.32 Å². The smallest absolute Gasteiger partial charge is 0.147 e. The number of nitrogens with one attached hydrogen (secondary N) is 1. The zero-order valence-electron chi connectivity index (χ0n) is 10.2. The Hall–Kier alpha value is -0.100. The second-order valence-corrected chi connectivity index (χ2v) is 6.42. The first-order chi connectivity index (χ1) is 8.60. The van der Waals surface area contributed by atoms with E-state index in [1.165, 1.54) is 5.56 Å². The number of aliphatic hydroxyl groups excluding tert-OH is 1. The summed E-state index contributed by atoms with van der Waals surface area (Å²) in [7, 11) is 1.66. The van der Waals surface area contributed by atoms with Gasteiger partial charge < -0.3 is 15.2 Å². The number of benzene rings is 1. The van der Waals surface area contributed by atoms with Gasteiger partial charge in [-0.05, 0) is 74.9 Å². The van der Waals surface area contributed by atoms with Gasteiger partial charge in [-0.15, -0.1) is 0 Å². The summed E-state index contributed by atoms with van der Waals surface area (Å²) in [6.07, 6.45) is 1.80. The van der Waals surface area contributed by atoms with Gasteiger partial charge in [0.15, 0.2) is 0 Å². The first kappa shape index (κ1) is 14.3. The molecule has 0 radical (unpaired) electrons. The number of hydrogen-bond donors (Lipinski definition) is 2. The molecule has 0 saturated heterocycles. The molecule has 3 nitrogen and oxygen atoms in total. The minimum Gasteiger partial charge on any atom is -0.494 e. The monoisotopic (exact) mass is 377 g/mol. The Morgan fingerprint density at radius 3 is 2.44 bits per heavy atom. The molecule has 0 aromatic heterocycles. The highest BCUT2D eigenvalue weighted by molar-refractivity contribution is 9.11. The van der Waals surface area contributed by atoms with Crippen LogP contribution in [0.5, 0.6) is 5.75 Å². The topological polar surface area (TPSA) is 41.5 Å². The van der Waals surface area contributed by atoms with Crippen LogP contribution < -0.4 is 10.1 Å². The van der Waals surface area contributed by atoms with Crippen LogP contribution in [-0.4, -0.2) is 24.9 Å². The molecule has 2 N–H and O–H groups in total. The van der Waals surface area contributed by atoms with Gasteiger partial charge >= 0.3 is 0 Å². The number of aliphatic hydroxyl groups is 1. The van der Waals surface area contributed by atoms with Crippen LogP contribution in [-0.2, 0) is 6.54 Å². The molecule has 1 fully saturated rings. The van der Waals surface area contributed by atoms with Crippen molar-refractivity contribution in [2.24, 2.45) is 5.92 Å². The van der Waals surface area contributed by atoms with Gasteiger partial charge in [-0.2, -0.15) is 0 Å². The number of hydrogen-bond acceptors (Lipinski definition) is 3. The number of ether oxygens (including phenoxy) is 1. The molecule has 0 amide bonds. The van der Waals surface area contributed by atoms with Gasteiger partial charge in [0.05, 0.1) is 22.2 Å². The molecule has 5 heteroatoms. The standard InChI is InChI=1S/C13H17Br2NO2/c1-18-13-11(14)4-9(5-12(13)15)7-16-6-8-2-10(17)3-8/h4-5,8,10,16-17H,2-3,6-7H2,1H3. The van der Waals surface area contributed by atoms with Crippen LogP contribution in [0.4, 0.5) is 0 Å². The van der Waals surface area contributed by atoms with E-state index in [0.29, 0.717) is 5.92 Å². The summed E-state index contributed by atoms with van der Waals surface area (Å²) in [5.41, 5.74) is 1.20. The quantitative estimate of drug-likeness (QED) is 0.827. The highest BCUT2D eigenvalue weighted by atomic mass is 79.9. The third kappa shape index (κ3) is 3.47. The van der Waals surface area contributed by atoms with Gasteiger partial charge in [-0.3, -0.25) is 0 Å². The molecule has 0 bridgehead atoms. The van der Waals surface area contributed by atoms with Gasteiger partial charge in [-0.25, -0.2) is 0 Å². The molecule has 100 valence electrons. The van der Waals surface area contributed by atoms with Gasteiger partial charge in [-0.1, -0.05) is 0 Å². The number of methoxy groups -OCH3 is 1. The molecule has 0 heterocycles. The maximum atomic E-state index is 9.21. The van der Waals surface area contributed by atoms with Crippen molar-refractivity contribution in [2.45, 2.75) is 25.5 Å². The molecule has 0 atom stereocenters. The van der Waals surface area contributed by atoms with E-state index < -0.39 is 0 Å². The predicted molar refractivity (Wildman–Crippen MR) is 78.8 cm³/mol. The average molecular weight is 379 g/mol. The first-order valence-corrected chi connectivity index (χ1v) is 7.59. The number of rotatable bonds is 5. The highest BCUT2D eigenvalue weighted by Crippen LogP contribution is 2.34. The van der Waals surface area contributed by atoms with Crippen LogP contribution in [0.3, 0.4) is 0 Å². The third-order valence-electron chi connectivity index (χ3n) is 3.24. The van der Waals surface area contributed by atoms with Crippen LogP contribution in [0, 0.1) is 5.92 Å². The molecule has 2 rings (SSSR count). The maximum absolute atomic E-state index is 9.21. The normalized spacial score (nSPS) is 22.7. The summed E-state index contributed by atoms with van der Waals surface area (Å²) in [6.45, 7) is 1.80. The van der Waals surface area contributed by atoms with E-state index in [-0.39, 0.29) is 6.10 Å². The van der Waals surface area contributed by atoms with E-state index in [1.807, 2.05) is 0 Å². The molecule has 1 aromatic carbocycles. The fraction of sp³-hybridized carbons (Fsp3) is 0.538. The van der Waals surface area contributed by atoms with Crippen molar-refractivity contribution in [3.8, 4) is 5.75 Å². The summed E-state index contributed by atoms with van der Waals surface area (Å²) in [4.78, 5) is 0. The SMILES string of the molecule is COc1c(Br)cc(CNCC2CC(O)C2)cc1Br. The molecule has 1 aliphatic rings. The second kappa shape index (κ2) is 6.37. The van der Waals surface area contributed by atoms with Crippen molar-refractivity contribution in [3.63, 3.8) is 0 Å². The first-order valence-electron chi connectivity index (χ1n) is 6.01. The van der Waals surface area contributed by atoms with E-state index >= 15 is 0 Å². The van der Waals surface area contributed by atoms with Crippen molar-refractivity contribution in [3.05, 3.63) is 26.6 Å². The van der Waals surface area contributed by atoms with Crippen LogP contribution in [0.25, 0.3) is 0 Å². The zero-order valence-corrected chi connectivity index (χ0v) is 13.4. The van der Waals surface area contributed by atoms with Gasteiger partial charge in [0.2, 0.25) is 0 Å². The predicted octanol–water partition coefficient (Wildman–Crippen LogP) is 3.08. The maximum Gasteiger partial charge on any atom is 0.147 e. The van der Waals surface area contributed by atoms with Crippen LogP contribution >= 0.6 is 31.9 Å². The lowest BCUT2D eigenvalue weighted by Crippen LogP contribution is -2.35. The van der Waals surface area contributed by atoms with Crippen molar-refractivity contribution < 1.29 is 9.84 Å². The molecular weight excluding hydrogens is 362 g/mol.